The molecule has 110 valence electrons. The normalized spacial score (nSPS) is 22.9. The Morgan fingerprint density at radius 3 is 2.65 bits per heavy atom. The quantitative estimate of drug-likeness (QED) is 0.865. The van der Waals surface area contributed by atoms with Crippen LogP contribution in [0.4, 0.5) is 14.5 Å². The van der Waals surface area contributed by atoms with Gasteiger partial charge in [-0.15, -0.1) is 0 Å². The third-order valence-electron chi connectivity index (χ3n) is 3.71. The maximum absolute atomic E-state index is 13.8. The highest BCUT2D eigenvalue weighted by Crippen LogP contribution is 2.24. The van der Waals surface area contributed by atoms with E-state index in [0.717, 1.165) is 20.1 Å². The number of nitrogens with zero attached hydrogens (tertiary/aromatic N) is 1. The number of nitrogens with one attached hydrogen (secondary N) is 1. The molecule has 2 unspecified atom stereocenters. The van der Waals surface area contributed by atoms with Crippen LogP contribution in [0.2, 0.25) is 0 Å². The lowest BCUT2D eigenvalue weighted by Crippen LogP contribution is -2.25. The van der Waals surface area contributed by atoms with Gasteiger partial charge in [-0.25, -0.2) is 13.6 Å². The number of carbonyl (C=O) groups is 1. The van der Waals surface area contributed by atoms with Gasteiger partial charge in [-0.05, 0) is 26.5 Å². The monoisotopic (exact) mass is 284 g/mol. The molecule has 0 spiro atoms. The van der Waals surface area contributed by atoms with Crippen molar-refractivity contribution < 1.29 is 18.3 Å². The number of likely N-dealkylation sites (tertiary alicyclic amines) is 1. The van der Waals surface area contributed by atoms with Gasteiger partial charge in [0.25, 0.3) is 0 Å². The summed E-state index contributed by atoms with van der Waals surface area (Å²) in [6.45, 7) is 2.86. The number of rotatable bonds is 3. The fourth-order valence-corrected chi connectivity index (χ4v) is 2.44. The zero-order valence-corrected chi connectivity index (χ0v) is 11.7. The Kier molecular flexibility index (Phi) is 4.23. The molecule has 0 aromatic heterocycles. The van der Waals surface area contributed by atoms with Crippen molar-refractivity contribution in [1.82, 2.24) is 4.90 Å². The third-order valence-corrected chi connectivity index (χ3v) is 3.71. The second-order valence-electron chi connectivity index (χ2n) is 5.17. The van der Waals surface area contributed by atoms with Crippen LogP contribution in [0.15, 0.2) is 12.1 Å². The number of methoxy groups -OCH3 is 1. The number of benzene rings is 1. The number of esters is 1. The molecule has 1 aliphatic rings. The smallest absolute Gasteiger partial charge is 0.340 e. The van der Waals surface area contributed by atoms with Gasteiger partial charge in [0.15, 0.2) is 0 Å². The molecule has 2 rings (SSSR count). The van der Waals surface area contributed by atoms with Crippen LogP contribution in [-0.2, 0) is 4.74 Å². The highest BCUT2D eigenvalue weighted by molar-refractivity contribution is 5.90. The van der Waals surface area contributed by atoms with Crippen LogP contribution < -0.4 is 5.32 Å². The second kappa shape index (κ2) is 5.75. The lowest BCUT2D eigenvalue weighted by atomic mass is 10.1. The molecule has 1 saturated heterocycles. The van der Waals surface area contributed by atoms with Gasteiger partial charge in [0.1, 0.15) is 11.6 Å². The van der Waals surface area contributed by atoms with Gasteiger partial charge in [-0.3, -0.25) is 0 Å². The number of halogens is 2. The summed E-state index contributed by atoms with van der Waals surface area (Å²) >= 11 is 0. The maximum Gasteiger partial charge on any atom is 0.340 e. The van der Waals surface area contributed by atoms with Gasteiger partial charge >= 0.3 is 5.97 Å². The molecule has 1 aromatic carbocycles. The van der Waals surface area contributed by atoms with E-state index >= 15 is 0 Å². The average Bonchev–Trinajstić information content (AvgIpc) is 2.71. The molecule has 6 heteroatoms. The molecule has 0 radical (unpaired) electrons. The van der Waals surface area contributed by atoms with Gasteiger partial charge in [0.2, 0.25) is 0 Å². The first-order valence-corrected chi connectivity index (χ1v) is 6.46. The summed E-state index contributed by atoms with van der Waals surface area (Å²) in [6.07, 6.45) is 0.862. The highest BCUT2D eigenvalue weighted by Gasteiger charge is 2.27. The molecule has 1 aromatic rings. The summed E-state index contributed by atoms with van der Waals surface area (Å²) in [5, 5.41) is 3.03. The summed E-state index contributed by atoms with van der Waals surface area (Å²) in [5.74, 6) is -2.45. The van der Waals surface area contributed by atoms with Crippen LogP contribution in [0.25, 0.3) is 0 Å². The molecule has 2 atom stereocenters. The first kappa shape index (κ1) is 14.7. The van der Waals surface area contributed by atoms with Crippen molar-refractivity contribution in [2.75, 3.05) is 26.0 Å². The summed E-state index contributed by atoms with van der Waals surface area (Å²) in [4.78, 5) is 13.6. The van der Waals surface area contributed by atoms with Crippen LogP contribution in [-0.4, -0.2) is 43.7 Å². The Morgan fingerprint density at radius 1 is 1.40 bits per heavy atom. The molecule has 1 heterocycles. The van der Waals surface area contributed by atoms with Gasteiger partial charge in [-0.2, -0.15) is 0 Å². The molecular formula is C14H18F2N2O2. The van der Waals surface area contributed by atoms with Crippen molar-refractivity contribution in [2.45, 2.75) is 25.4 Å². The molecule has 0 aliphatic carbocycles. The minimum Gasteiger partial charge on any atom is -0.465 e. The lowest BCUT2D eigenvalue weighted by molar-refractivity contribution is 0.0595. The summed E-state index contributed by atoms with van der Waals surface area (Å²) in [5.41, 5.74) is -0.143. The molecular weight excluding hydrogens is 266 g/mol. The van der Waals surface area contributed by atoms with E-state index in [-0.39, 0.29) is 17.3 Å². The van der Waals surface area contributed by atoms with E-state index in [2.05, 4.69) is 21.9 Å². The Bertz CT molecular complexity index is 512. The molecule has 1 fully saturated rings. The van der Waals surface area contributed by atoms with Crippen LogP contribution in [0.1, 0.15) is 23.7 Å². The number of anilines is 1. The molecule has 20 heavy (non-hydrogen) atoms. The summed E-state index contributed by atoms with van der Waals surface area (Å²) in [6, 6.07) is 2.34. The Hall–Kier alpha value is -1.69. The molecule has 0 bridgehead atoms. The average molecular weight is 284 g/mol. The number of hydrogen-bond donors (Lipinski definition) is 1. The van der Waals surface area contributed by atoms with Gasteiger partial charge in [0.05, 0.1) is 18.4 Å². The van der Waals surface area contributed by atoms with Crippen LogP contribution >= 0.6 is 0 Å². The van der Waals surface area contributed by atoms with Crippen molar-refractivity contribution in [3.05, 3.63) is 29.3 Å². The topological polar surface area (TPSA) is 41.6 Å². The van der Waals surface area contributed by atoms with E-state index in [1.165, 1.54) is 6.07 Å². The largest absolute Gasteiger partial charge is 0.465 e. The van der Waals surface area contributed by atoms with Gasteiger partial charge in [0, 0.05) is 24.7 Å². The predicted octanol–water partition coefficient (Wildman–Crippen LogP) is 2.26. The second-order valence-corrected chi connectivity index (χ2v) is 5.17. The first-order chi connectivity index (χ1) is 9.42. The van der Waals surface area contributed by atoms with Crippen LogP contribution in [0.3, 0.4) is 0 Å². The van der Waals surface area contributed by atoms with E-state index in [0.29, 0.717) is 12.1 Å². The lowest BCUT2D eigenvalue weighted by Gasteiger charge is -2.16. The van der Waals surface area contributed by atoms with E-state index < -0.39 is 17.6 Å². The van der Waals surface area contributed by atoms with E-state index in [1.807, 2.05) is 7.05 Å². The minimum atomic E-state index is -0.920. The number of hydrogen-bond acceptors (Lipinski definition) is 4. The van der Waals surface area contributed by atoms with E-state index in [1.54, 1.807) is 0 Å². The number of likely N-dealkylation sites (N-methyl/N-ethyl adjacent to an activating group) is 1. The van der Waals surface area contributed by atoms with E-state index in [4.69, 9.17) is 0 Å². The Labute approximate surface area is 116 Å². The highest BCUT2D eigenvalue weighted by atomic mass is 19.1. The van der Waals surface area contributed by atoms with Crippen molar-refractivity contribution in [1.29, 1.82) is 0 Å². The molecule has 0 saturated carbocycles. The zero-order chi connectivity index (χ0) is 14.9. The number of ether oxygens (including phenoxy) is 1. The zero-order valence-electron chi connectivity index (χ0n) is 11.7. The van der Waals surface area contributed by atoms with Crippen LogP contribution in [0, 0.1) is 11.6 Å². The van der Waals surface area contributed by atoms with Crippen molar-refractivity contribution in [3.8, 4) is 0 Å². The Morgan fingerprint density at radius 2 is 2.10 bits per heavy atom. The number of carbonyl (C=O) groups excluding carboxylic acids is 1. The standard InChI is InChI=1S/C14H18F2N2O2/c1-8-4-9(7-18(8)2)17-13-5-10(14(19)20-3)11(15)6-12(13)16/h5-6,8-9,17H,4,7H2,1-3H3. The van der Waals surface area contributed by atoms with Crippen molar-refractivity contribution in [2.24, 2.45) is 0 Å². The SMILES string of the molecule is COC(=O)c1cc(NC2CC(C)N(C)C2)c(F)cc1F. The van der Waals surface area contributed by atoms with Gasteiger partial charge < -0.3 is 15.0 Å². The van der Waals surface area contributed by atoms with Crippen molar-refractivity contribution in [3.63, 3.8) is 0 Å². The molecule has 1 aliphatic heterocycles. The fraction of sp³-hybridized carbons (Fsp3) is 0.500. The first-order valence-electron chi connectivity index (χ1n) is 6.46. The van der Waals surface area contributed by atoms with Crippen LogP contribution in [0.5, 0.6) is 0 Å². The van der Waals surface area contributed by atoms with Crippen molar-refractivity contribution >= 4 is 11.7 Å². The molecule has 0 amide bonds. The third kappa shape index (κ3) is 2.90. The maximum atomic E-state index is 13.8. The summed E-state index contributed by atoms with van der Waals surface area (Å²) in [7, 11) is 3.15. The predicted molar refractivity (Wildman–Crippen MR) is 71.8 cm³/mol. The minimum absolute atomic E-state index is 0.0699. The molecule has 1 N–H and O–H groups in total. The summed E-state index contributed by atoms with van der Waals surface area (Å²) < 4.78 is 31.8. The Balaban J connectivity index is 2.21. The fourth-order valence-electron chi connectivity index (χ4n) is 2.44. The molecule has 4 nitrogen and oxygen atoms in total. The van der Waals surface area contributed by atoms with E-state index in [9.17, 15) is 13.6 Å². The van der Waals surface area contributed by atoms with Gasteiger partial charge in [-0.1, -0.05) is 0 Å².